The van der Waals surface area contributed by atoms with Gasteiger partial charge in [-0.1, -0.05) is 83.6 Å². The van der Waals surface area contributed by atoms with Gasteiger partial charge in [0.15, 0.2) is 0 Å². The fourth-order valence-corrected chi connectivity index (χ4v) is 0. The monoisotopic (exact) mass is 466 g/mol. The molecule has 0 aromatic heterocycles. The molecule has 0 bridgehead atoms. The van der Waals surface area contributed by atoms with Gasteiger partial charge < -0.3 is 0 Å². The van der Waals surface area contributed by atoms with Crippen molar-refractivity contribution in [2.45, 2.75) is 83.6 Å². The molecule has 0 atom stereocenters. The highest BCUT2D eigenvalue weighted by molar-refractivity contribution is 15.0. The zero-order chi connectivity index (χ0) is 8.08. The Labute approximate surface area is 128 Å². The first-order valence-electron chi connectivity index (χ1n) is 3.09. The van der Waals surface area contributed by atoms with Gasteiger partial charge in [0.25, 0.3) is 0 Å². The van der Waals surface area contributed by atoms with Gasteiger partial charge in [0.05, 0.1) is 0 Å². The smallest absolute Gasteiger partial charge is 0.0468 e. The first kappa shape index (κ1) is 54.4. The maximum absolute atomic E-state index is 2.40. The van der Waals surface area contributed by atoms with Crippen LogP contribution in [0.2, 0.25) is 25.2 Å². The number of hydrogen-bond acceptors (Lipinski definition) is 0. The minimum absolute atomic E-state index is 0. The molecule has 0 heterocycles. The van der Waals surface area contributed by atoms with Crippen molar-refractivity contribution < 1.29 is 0 Å². The highest BCUT2D eigenvalue weighted by Crippen LogP contribution is 2.18. The van der Waals surface area contributed by atoms with E-state index in [0.29, 0.717) is 0 Å². The molecule has 0 aromatic rings. The van der Waals surface area contributed by atoms with Gasteiger partial charge in [0, 0.05) is 45.3 Å². The van der Waals surface area contributed by atoms with E-state index in [1.165, 1.54) is 0 Å². The first-order chi connectivity index (χ1) is 3.94. The molecule has 0 N–H and O–H groups in total. The van der Waals surface area contributed by atoms with Gasteiger partial charge in [0.2, 0.25) is 0 Å². The summed E-state index contributed by atoms with van der Waals surface area (Å²) in [5.74, 6) is 0. The summed E-state index contributed by atoms with van der Waals surface area (Å²) in [6.45, 7) is 11.8. The van der Waals surface area contributed by atoms with Crippen molar-refractivity contribution in [3.05, 3.63) is 0 Å². The van der Waals surface area contributed by atoms with Crippen molar-refractivity contribution in [3.8, 4) is 0 Å². The van der Waals surface area contributed by atoms with Crippen LogP contribution in [0.3, 0.4) is 0 Å². The average molecular weight is 466 g/mol. The summed E-state index contributed by atoms with van der Waals surface area (Å²) < 4.78 is 0. The third kappa shape index (κ3) is 49.8. The molecule has 0 fully saturated rings. The van der Waals surface area contributed by atoms with E-state index in [-0.39, 0.29) is 44.6 Å². The normalized spacial score (nSPS) is 6.40. The highest BCUT2D eigenvalue weighted by atomic mass is 128. The van der Waals surface area contributed by atoms with E-state index in [1.54, 1.807) is 0 Å². The van der Waals surface area contributed by atoms with Crippen molar-refractivity contribution >= 4 is 45.3 Å². The molecular weight excluding hydrogens is 426 g/mol. The SMILES string of the molecule is C.C.C.C.C.C.CC(C)[Si](C)(C)C.II. The van der Waals surface area contributed by atoms with E-state index in [4.69, 9.17) is 0 Å². The van der Waals surface area contributed by atoms with Crippen molar-refractivity contribution in [2.75, 3.05) is 0 Å². The topological polar surface area (TPSA) is 0 Å². The van der Waals surface area contributed by atoms with Crippen LogP contribution in [0.25, 0.3) is 0 Å². The summed E-state index contributed by atoms with van der Waals surface area (Å²) in [5, 5.41) is 0. The van der Waals surface area contributed by atoms with E-state index in [1.807, 2.05) is 0 Å². The molecule has 15 heavy (non-hydrogen) atoms. The van der Waals surface area contributed by atoms with Gasteiger partial charge >= 0.3 is 0 Å². The summed E-state index contributed by atoms with van der Waals surface area (Å²) in [6, 6.07) is 0. The lowest BCUT2D eigenvalue weighted by Gasteiger charge is -2.19. The van der Waals surface area contributed by atoms with Gasteiger partial charge in [-0.15, -0.1) is 0 Å². The van der Waals surface area contributed by atoms with Crippen LogP contribution in [0, 0.1) is 0 Å². The van der Waals surface area contributed by atoms with Crippen molar-refractivity contribution in [1.82, 2.24) is 0 Å². The summed E-state index contributed by atoms with van der Waals surface area (Å²) in [5.41, 5.74) is 0.937. The minimum Gasteiger partial charge on any atom is -0.0776 e. The second-order valence-corrected chi connectivity index (χ2v) is 9.41. The largest absolute Gasteiger partial charge is 0.0776 e. The molecule has 0 spiro atoms. The van der Waals surface area contributed by atoms with E-state index in [2.05, 4.69) is 70.7 Å². The molecular formula is C12H40I2Si. The molecule has 0 saturated heterocycles. The molecule has 0 unspecified atom stereocenters. The van der Waals surface area contributed by atoms with E-state index in [0.717, 1.165) is 5.54 Å². The summed E-state index contributed by atoms with van der Waals surface area (Å²) >= 11 is 4.24. The molecule has 0 aromatic carbocycles. The lowest BCUT2D eigenvalue weighted by Crippen LogP contribution is -2.23. The van der Waals surface area contributed by atoms with Gasteiger partial charge in [-0.25, -0.2) is 0 Å². The molecule has 106 valence electrons. The Hall–Kier alpha value is 1.68. The fraction of sp³-hybridized carbons (Fsp3) is 1.00. The third-order valence-corrected chi connectivity index (χ3v) is 5.20. The number of halogens is 2. The average Bonchev–Trinajstić information content (AvgIpc) is 1.69. The second kappa shape index (κ2) is 29.6. The Kier molecular flexibility index (Phi) is 108. The van der Waals surface area contributed by atoms with E-state index in [9.17, 15) is 0 Å². The zero-order valence-corrected chi connectivity index (χ0v) is 12.1. The van der Waals surface area contributed by atoms with Crippen molar-refractivity contribution in [3.63, 3.8) is 0 Å². The van der Waals surface area contributed by atoms with Gasteiger partial charge in [-0.3, -0.25) is 0 Å². The Morgan fingerprint density at radius 1 is 0.667 bits per heavy atom. The minimum atomic E-state index is -0.735. The lowest BCUT2D eigenvalue weighted by atomic mass is 10.6. The Morgan fingerprint density at radius 3 is 0.733 bits per heavy atom. The molecule has 0 saturated carbocycles. The molecule has 0 aliphatic heterocycles. The van der Waals surface area contributed by atoms with Crippen LogP contribution in [-0.2, 0) is 0 Å². The van der Waals surface area contributed by atoms with Crippen molar-refractivity contribution in [2.24, 2.45) is 0 Å². The highest BCUT2D eigenvalue weighted by Gasteiger charge is 2.16. The van der Waals surface area contributed by atoms with E-state index < -0.39 is 8.07 Å². The van der Waals surface area contributed by atoms with Gasteiger partial charge in [-0.05, 0) is 0 Å². The standard InChI is InChI=1S/C6H16Si.6CH4.I2/c1-6(2)7(3,4)5;;;;;;;1-2/h6H,1-5H3;6*1H4;. The van der Waals surface area contributed by atoms with Crippen molar-refractivity contribution in [1.29, 1.82) is 0 Å². The summed E-state index contributed by atoms with van der Waals surface area (Å²) in [7, 11) is -0.735. The molecule has 0 radical (unpaired) electrons. The van der Waals surface area contributed by atoms with Crippen LogP contribution >= 0.6 is 37.2 Å². The number of hydrogen-bond donors (Lipinski definition) is 0. The maximum Gasteiger partial charge on any atom is 0.0468 e. The molecule has 0 amide bonds. The zero-order valence-electron chi connectivity index (χ0n) is 6.83. The second-order valence-electron chi connectivity index (χ2n) is 3.52. The van der Waals surface area contributed by atoms with Crippen LogP contribution < -0.4 is 0 Å². The quantitative estimate of drug-likeness (QED) is 0.269. The van der Waals surface area contributed by atoms with Crippen LogP contribution in [0.15, 0.2) is 0 Å². The van der Waals surface area contributed by atoms with E-state index >= 15 is 0 Å². The van der Waals surface area contributed by atoms with Crippen LogP contribution in [0.1, 0.15) is 58.4 Å². The predicted octanol–water partition coefficient (Wildman–Crippen LogP) is 8.32. The van der Waals surface area contributed by atoms with Gasteiger partial charge in [0.1, 0.15) is 0 Å². The maximum atomic E-state index is 2.40. The molecule has 3 heteroatoms. The lowest BCUT2D eigenvalue weighted by molar-refractivity contribution is 1.01. The third-order valence-electron chi connectivity index (χ3n) is 1.73. The Balaban J connectivity index is -0.00000000965. The first-order valence-corrected chi connectivity index (χ1v) is 12.9. The van der Waals surface area contributed by atoms with Crippen LogP contribution in [-0.4, -0.2) is 8.07 Å². The number of rotatable bonds is 1. The van der Waals surface area contributed by atoms with Crippen LogP contribution in [0.4, 0.5) is 0 Å². The molecule has 0 nitrogen and oxygen atoms in total. The Bertz CT molecular complexity index is 59.1. The predicted molar refractivity (Wildman–Crippen MR) is 107 cm³/mol. The van der Waals surface area contributed by atoms with Gasteiger partial charge in [-0.2, -0.15) is 0 Å². The van der Waals surface area contributed by atoms with Crippen LogP contribution in [0.5, 0.6) is 0 Å². The molecule has 0 rings (SSSR count). The fourth-order valence-electron chi connectivity index (χ4n) is 0. The Morgan fingerprint density at radius 2 is 0.733 bits per heavy atom. The summed E-state index contributed by atoms with van der Waals surface area (Å²) in [6.07, 6.45) is 0. The molecule has 0 aliphatic rings. The molecule has 0 aliphatic carbocycles. The summed E-state index contributed by atoms with van der Waals surface area (Å²) in [4.78, 5) is 0.